The Morgan fingerprint density at radius 2 is 2.16 bits per heavy atom. The largest absolute Gasteiger partial charge is 0.370 e. The number of benzene rings is 1. The molecule has 1 aliphatic rings. The van der Waals surface area contributed by atoms with Crippen molar-refractivity contribution in [3.63, 3.8) is 0 Å². The second-order valence-corrected chi connectivity index (χ2v) is 5.62. The number of nitrogens with one attached hydrogen (secondary N) is 1. The smallest absolute Gasteiger partial charge is 0.236 e. The molecular weight excluding hydrogens is 308 g/mol. The first-order chi connectivity index (χ1) is 9.13. The molecule has 0 bridgehead atoms. The number of likely N-dealkylation sites (N-methyl/N-ethyl adjacent to an activating group) is 1. The highest BCUT2D eigenvalue weighted by atomic mass is 79.9. The number of hydrogen-bond acceptors (Lipinski definition) is 3. The summed E-state index contributed by atoms with van der Waals surface area (Å²) in [4.78, 5) is 13.9. The molecule has 0 aromatic heterocycles. The van der Waals surface area contributed by atoms with Crippen molar-refractivity contribution in [3.8, 4) is 0 Å². The summed E-state index contributed by atoms with van der Waals surface area (Å²) >= 11 is 3.43. The minimum absolute atomic E-state index is 0.0516. The van der Waals surface area contributed by atoms with E-state index in [-0.39, 0.29) is 18.1 Å². The summed E-state index contributed by atoms with van der Waals surface area (Å²) in [7, 11) is 1.79. The molecule has 0 unspecified atom stereocenters. The molecule has 1 aromatic rings. The maximum atomic E-state index is 12.0. The number of rotatable bonds is 3. The summed E-state index contributed by atoms with van der Waals surface area (Å²) in [5.74, 6) is 0.125. The van der Waals surface area contributed by atoms with E-state index in [0.29, 0.717) is 19.7 Å². The third-order valence-electron chi connectivity index (χ3n) is 3.41. The Morgan fingerprint density at radius 3 is 2.79 bits per heavy atom. The predicted molar refractivity (Wildman–Crippen MR) is 77.9 cm³/mol. The van der Waals surface area contributed by atoms with E-state index in [4.69, 9.17) is 4.74 Å². The van der Waals surface area contributed by atoms with Crippen LogP contribution in [0.5, 0.6) is 0 Å². The van der Waals surface area contributed by atoms with Gasteiger partial charge in [0, 0.05) is 11.0 Å². The molecule has 1 aromatic carbocycles. The molecule has 19 heavy (non-hydrogen) atoms. The van der Waals surface area contributed by atoms with Gasteiger partial charge in [-0.15, -0.1) is 0 Å². The number of ether oxygens (including phenoxy) is 1. The van der Waals surface area contributed by atoms with Crippen molar-refractivity contribution in [2.75, 3.05) is 26.7 Å². The molecule has 1 fully saturated rings. The zero-order valence-electron chi connectivity index (χ0n) is 11.2. The van der Waals surface area contributed by atoms with Gasteiger partial charge >= 0.3 is 0 Å². The fourth-order valence-electron chi connectivity index (χ4n) is 2.42. The van der Waals surface area contributed by atoms with Crippen LogP contribution < -0.4 is 5.32 Å². The number of carbonyl (C=O) groups is 1. The fraction of sp³-hybridized carbons (Fsp3) is 0.500. The highest BCUT2D eigenvalue weighted by molar-refractivity contribution is 9.10. The van der Waals surface area contributed by atoms with Crippen LogP contribution >= 0.6 is 15.9 Å². The average Bonchev–Trinajstić information content (AvgIpc) is 2.40. The van der Waals surface area contributed by atoms with E-state index in [1.807, 2.05) is 36.1 Å². The van der Waals surface area contributed by atoms with Crippen LogP contribution in [-0.2, 0) is 9.53 Å². The van der Waals surface area contributed by atoms with Crippen LogP contribution in [-0.4, -0.2) is 43.6 Å². The first kappa shape index (κ1) is 14.5. The van der Waals surface area contributed by atoms with Gasteiger partial charge in [-0.3, -0.25) is 4.79 Å². The third-order valence-corrected chi connectivity index (χ3v) is 3.93. The number of hydrogen-bond donors (Lipinski definition) is 1. The summed E-state index contributed by atoms with van der Waals surface area (Å²) in [6.45, 7) is 3.66. The lowest BCUT2D eigenvalue weighted by Crippen LogP contribution is -2.50. The average molecular weight is 327 g/mol. The van der Waals surface area contributed by atoms with Crippen LogP contribution in [0.4, 0.5) is 0 Å². The zero-order valence-corrected chi connectivity index (χ0v) is 12.8. The van der Waals surface area contributed by atoms with Crippen LogP contribution in [0.2, 0.25) is 0 Å². The van der Waals surface area contributed by atoms with E-state index in [2.05, 4.69) is 21.2 Å². The molecule has 1 amide bonds. The van der Waals surface area contributed by atoms with Crippen LogP contribution in [0.1, 0.15) is 18.6 Å². The van der Waals surface area contributed by atoms with Gasteiger partial charge in [-0.25, -0.2) is 0 Å². The molecule has 5 heteroatoms. The van der Waals surface area contributed by atoms with Gasteiger partial charge in [-0.05, 0) is 31.7 Å². The molecule has 4 nitrogen and oxygen atoms in total. The topological polar surface area (TPSA) is 41.6 Å². The fourth-order valence-corrected chi connectivity index (χ4v) is 2.68. The normalized spacial score (nSPS) is 23.4. The van der Waals surface area contributed by atoms with Gasteiger partial charge in [-0.1, -0.05) is 28.1 Å². The predicted octanol–water partition coefficient (Wildman–Crippen LogP) is 1.96. The van der Waals surface area contributed by atoms with Crippen molar-refractivity contribution in [2.45, 2.75) is 19.1 Å². The molecule has 1 saturated heterocycles. The molecule has 1 heterocycles. The van der Waals surface area contributed by atoms with E-state index in [0.717, 1.165) is 10.0 Å². The second kappa shape index (κ2) is 6.50. The van der Waals surface area contributed by atoms with Crippen molar-refractivity contribution in [1.82, 2.24) is 10.2 Å². The minimum atomic E-state index is -0.0531. The second-order valence-electron chi connectivity index (χ2n) is 4.70. The number of morpholine rings is 1. The van der Waals surface area contributed by atoms with Gasteiger partial charge in [0.15, 0.2) is 0 Å². The Bertz CT molecular complexity index is 436. The quantitative estimate of drug-likeness (QED) is 0.923. The molecule has 2 atom stereocenters. The van der Waals surface area contributed by atoms with Crippen molar-refractivity contribution >= 4 is 21.8 Å². The number of nitrogens with zero attached hydrogens (tertiary/aromatic N) is 1. The highest BCUT2D eigenvalue weighted by Gasteiger charge is 2.32. The molecule has 0 saturated carbocycles. The Balaban J connectivity index is 2.13. The van der Waals surface area contributed by atoms with E-state index in [9.17, 15) is 4.79 Å². The van der Waals surface area contributed by atoms with Crippen molar-refractivity contribution in [3.05, 3.63) is 34.3 Å². The summed E-state index contributed by atoms with van der Waals surface area (Å²) in [6.07, 6.45) is -0.0531. The Kier molecular flexibility index (Phi) is 4.96. The molecular formula is C14H19BrN2O2. The summed E-state index contributed by atoms with van der Waals surface area (Å²) in [5, 5.41) is 2.91. The van der Waals surface area contributed by atoms with Crippen molar-refractivity contribution < 1.29 is 9.53 Å². The van der Waals surface area contributed by atoms with Gasteiger partial charge in [0.1, 0.15) is 6.10 Å². The lowest BCUT2D eigenvalue weighted by molar-refractivity contribution is -0.144. The molecule has 104 valence electrons. The van der Waals surface area contributed by atoms with Gasteiger partial charge in [0.25, 0.3) is 0 Å². The first-order valence-electron chi connectivity index (χ1n) is 6.44. The molecule has 1 aliphatic heterocycles. The molecule has 1 N–H and O–H groups in total. The summed E-state index contributed by atoms with van der Waals surface area (Å²) in [5.41, 5.74) is 1.11. The Hall–Kier alpha value is -0.910. The SMILES string of the molecule is CNCC(=O)N1CCO[C@H](c2ccc(Br)cc2)[C@@H]1C. The standard InChI is InChI=1S/C14H19BrN2O2/c1-10-14(11-3-5-12(15)6-4-11)19-8-7-17(10)13(18)9-16-2/h3-6,10,14,16H,7-9H2,1-2H3/t10-,14-/m0/s1. The van der Waals surface area contributed by atoms with E-state index < -0.39 is 0 Å². The van der Waals surface area contributed by atoms with Crippen LogP contribution in [0.15, 0.2) is 28.7 Å². The maximum Gasteiger partial charge on any atom is 0.236 e. The summed E-state index contributed by atoms with van der Waals surface area (Å²) in [6, 6.07) is 8.13. The lowest BCUT2D eigenvalue weighted by atomic mass is 10.0. The van der Waals surface area contributed by atoms with E-state index in [1.54, 1.807) is 7.05 Å². The van der Waals surface area contributed by atoms with Gasteiger partial charge < -0.3 is 15.0 Å². The van der Waals surface area contributed by atoms with Crippen LogP contribution in [0, 0.1) is 0 Å². The van der Waals surface area contributed by atoms with E-state index >= 15 is 0 Å². The Morgan fingerprint density at radius 1 is 1.47 bits per heavy atom. The van der Waals surface area contributed by atoms with Gasteiger partial charge in [-0.2, -0.15) is 0 Å². The third kappa shape index (κ3) is 3.35. The molecule has 0 aliphatic carbocycles. The lowest BCUT2D eigenvalue weighted by Gasteiger charge is -2.39. The van der Waals surface area contributed by atoms with Gasteiger partial charge in [0.05, 0.1) is 19.2 Å². The first-order valence-corrected chi connectivity index (χ1v) is 7.24. The highest BCUT2D eigenvalue weighted by Crippen LogP contribution is 2.29. The zero-order chi connectivity index (χ0) is 13.8. The number of carbonyl (C=O) groups excluding carboxylic acids is 1. The monoisotopic (exact) mass is 326 g/mol. The molecule has 0 spiro atoms. The Labute approximate surface area is 122 Å². The minimum Gasteiger partial charge on any atom is -0.370 e. The van der Waals surface area contributed by atoms with Crippen molar-refractivity contribution in [2.24, 2.45) is 0 Å². The van der Waals surface area contributed by atoms with Crippen LogP contribution in [0.25, 0.3) is 0 Å². The molecule has 2 rings (SSSR count). The number of halogens is 1. The van der Waals surface area contributed by atoms with Gasteiger partial charge in [0.2, 0.25) is 5.91 Å². The van der Waals surface area contributed by atoms with E-state index in [1.165, 1.54) is 0 Å². The van der Waals surface area contributed by atoms with Crippen LogP contribution in [0.3, 0.4) is 0 Å². The summed E-state index contributed by atoms with van der Waals surface area (Å²) < 4.78 is 6.89. The van der Waals surface area contributed by atoms with Crippen molar-refractivity contribution in [1.29, 1.82) is 0 Å². The number of amides is 1. The maximum absolute atomic E-state index is 12.0. The molecule has 0 radical (unpaired) electrons.